The molecule has 0 saturated heterocycles. The van der Waals surface area contributed by atoms with Crippen LogP contribution in [-0.4, -0.2) is 5.78 Å². The summed E-state index contributed by atoms with van der Waals surface area (Å²) < 4.78 is 0.872. The van der Waals surface area contributed by atoms with E-state index in [9.17, 15) is 4.79 Å². The van der Waals surface area contributed by atoms with Crippen molar-refractivity contribution in [3.63, 3.8) is 0 Å². The molecule has 2 aromatic rings. The Balaban J connectivity index is 2.13. The molecule has 3 rings (SSSR count). The summed E-state index contributed by atoms with van der Waals surface area (Å²) in [7, 11) is 0. The van der Waals surface area contributed by atoms with Gasteiger partial charge in [-0.25, -0.2) is 0 Å². The number of hydrogen-bond acceptors (Lipinski definition) is 1. The molecular weight excluding hydrogens is 276 g/mol. The highest BCUT2D eigenvalue weighted by Crippen LogP contribution is 2.34. The molecule has 0 saturated carbocycles. The molecule has 0 fully saturated rings. The number of fused-ring (bicyclic) bond motifs is 1. The van der Waals surface area contributed by atoms with Crippen molar-refractivity contribution in [2.24, 2.45) is 0 Å². The first kappa shape index (κ1) is 10.5. The van der Waals surface area contributed by atoms with E-state index in [0.29, 0.717) is 0 Å². The van der Waals surface area contributed by atoms with Gasteiger partial charge in [0.15, 0.2) is 5.78 Å². The van der Waals surface area contributed by atoms with Crippen molar-refractivity contribution in [1.82, 2.24) is 0 Å². The lowest BCUT2D eigenvalue weighted by Crippen LogP contribution is -1.92. The van der Waals surface area contributed by atoms with Crippen LogP contribution in [-0.2, 0) is 0 Å². The average molecular weight is 285 g/mol. The zero-order valence-corrected chi connectivity index (χ0v) is 10.6. The summed E-state index contributed by atoms with van der Waals surface area (Å²) in [5.41, 5.74) is 3.97. The van der Waals surface area contributed by atoms with Gasteiger partial charge in [0.05, 0.1) is 0 Å². The third kappa shape index (κ3) is 1.75. The van der Waals surface area contributed by atoms with E-state index in [0.717, 1.165) is 26.7 Å². The van der Waals surface area contributed by atoms with Gasteiger partial charge in [-0.05, 0) is 22.8 Å². The molecule has 0 spiro atoms. The van der Waals surface area contributed by atoms with E-state index in [1.807, 2.05) is 48.5 Å². The summed E-state index contributed by atoms with van der Waals surface area (Å²) in [6.45, 7) is 0. The molecule has 0 aliphatic heterocycles. The molecule has 1 aliphatic carbocycles. The van der Waals surface area contributed by atoms with E-state index < -0.39 is 0 Å². The van der Waals surface area contributed by atoms with E-state index in [1.165, 1.54) is 0 Å². The smallest absolute Gasteiger partial charge is 0.187 e. The molecule has 2 aromatic carbocycles. The zero-order chi connectivity index (χ0) is 11.8. The molecule has 82 valence electrons. The maximum atomic E-state index is 11.8. The van der Waals surface area contributed by atoms with Crippen molar-refractivity contribution >= 4 is 26.2 Å². The zero-order valence-electron chi connectivity index (χ0n) is 8.98. The SMILES string of the molecule is O=C1C=C(Br)c2ccc(-c3ccccc3)cc21. The lowest BCUT2D eigenvalue weighted by Gasteiger charge is -2.05. The Morgan fingerprint density at radius 3 is 2.35 bits per heavy atom. The van der Waals surface area contributed by atoms with Crippen LogP contribution in [0.5, 0.6) is 0 Å². The Kier molecular flexibility index (Phi) is 2.45. The fourth-order valence-corrected chi connectivity index (χ4v) is 2.59. The van der Waals surface area contributed by atoms with Crippen molar-refractivity contribution in [1.29, 1.82) is 0 Å². The fraction of sp³-hybridized carbons (Fsp3) is 0. The second-order valence-electron chi connectivity index (χ2n) is 3.98. The van der Waals surface area contributed by atoms with Crippen molar-refractivity contribution < 1.29 is 4.79 Å². The van der Waals surface area contributed by atoms with Gasteiger partial charge in [0.25, 0.3) is 0 Å². The minimum Gasteiger partial charge on any atom is -0.289 e. The van der Waals surface area contributed by atoms with E-state index >= 15 is 0 Å². The molecule has 1 aliphatic rings. The van der Waals surface area contributed by atoms with Gasteiger partial charge in [-0.2, -0.15) is 0 Å². The van der Waals surface area contributed by atoms with Gasteiger partial charge in [-0.3, -0.25) is 4.79 Å². The summed E-state index contributed by atoms with van der Waals surface area (Å²) in [6.07, 6.45) is 1.62. The summed E-state index contributed by atoms with van der Waals surface area (Å²) in [6, 6.07) is 16.1. The molecule has 0 amide bonds. The number of rotatable bonds is 1. The van der Waals surface area contributed by atoms with Crippen LogP contribution in [0.3, 0.4) is 0 Å². The van der Waals surface area contributed by atoms with Gasteiger partial charge in [-0.1, -0.05) is 58.4 Å². The molecule has 0 N–H and O–H groups in total. The summed E-state index contributed by atoms with van der Waals surface area (Å²) in [5.74, 6) is 0.0738. The lowest BCUT2D eigenvalue weighted by atomic mass is 10.00. The maximum Gasteiger partial charge on any atom is 0.187 e. The van der Waals surface area contributed by atoms with Gasteiger partial charge < -0.3 is 0 Å². The predicted octanol–water partition coefficient (Wildman–Crippen LogP) is 4.29. The molecule has 1 nitrogen and oxygen atoms in total. The minimum atomic E-state index is 0.0738. The third-order valence-electron chi connectivity index (χ3n) is 2.91. The largest absolute Gasteiger partial charge is 0.289 e. The summed E-state index contributed by atoms with van der Waals surface area (Å²) in [5, 5.41) is 0. The van der Waals surface area contributed by atoms with Crippen molar-refractivity contribution in [2.75, 3.05) is 0 Å². The van der Waals surface area contributed by atoms with E-state index in [4.69, 9.17) is 0 Å². The number of allylic oxidation sites excluding steroid dienone is 1. The number of hydrogen-bond donors (Lipinski definition) is 0. The molecule has 0 bridgehead atoms. The van der Waals surface area contributed by atoms with Crippen LogP contribution in [0.1, 0.15) is 15.9 Å². The van der Waals surface area contributed by atoms with Crippen molar-refractivity contribution in [3.8, 4) is 11.1 Å². The second-order valence-corrected chi connectivity index (χ2v) is 4.84. The van der Waals surface area contributed by atoms with Crippen LogP contribution >= 0.6 is 15.9 Å². The Morgan fingerprint density at radius 1 is 0.824 bits per heavy atom. The number of carbonyl (C=O) groups excluding carboxylic acids is 1. The predicted molar refractivity (Wildman–Crippen MR) is 73.1 cm³/mol. The molecule has 0 radical (unpaired) electrons. The number of carbonyl (C=O) groups is 1. The first-order chi connectivity index (χ1) is 8.25. The first-order valence-corrected chi connectivity index (χ1v) is 6.16. The van der Waals surface area contributed by atoms with Crippen LogP contribution in [0.4, 0.5) is 0 Å². The maximum absolute atomic E-state index is 11.8. The van der Waals surface area contributed by atoms with Crippen molar-refractivity contribution in [3.05, 3.63) is 65.7 Å². The third-order valence-corrected chi connectivity index (χ3v) is 3.56. The number of ketones is 1. The minimum absolute atomic E-state index is 0.0738. The van der Waals surface area contributed by atoms with Crippen LogP contribution in [0, 0.1) is 0 Å². The Morgan fingerprint density at radius 2 is 1.59 bits per heavy atom. The number of halogens is 1. The number of benzene rings is 2. The Labute approximate surface area is 108 Å². The highest BCUT2D eigenvalue weighted by atomic mass is 79.9. The monoisotopic (exact) mass is 284 g/mol. The molecule has 0 unspecified atom stereocenters. The fourth-order valence-electron chi connectivity index (χ4n) is 2.04. The highest BCUT2D eigenvalue weighted by Gasteiger charge is 2.19. The van der Waals surface area contributed by atoms with Crippen LogP contribution in [0.15, 0.2) is 54.6 Å². The molecule has 0 aromatic heterocycles. The molecular formula is C15H9BrO. The van der Waals surface area contributed by atoms with Crippen LogP contribution in [0.25, 0.3) is 15.6 Å². The quantitative estimate of drug-likeness (QED) is 0.764. The summed E-state index contributed by atoms with van der Waals surface area (Å²) >= 11 is 3.40. The molecule has 17 heavy (non-hydrogen) atoms. The molecule has 2 heteroatoms. The Hall–Kier alpha value is -1.67. The molecule has 0 atom stereocenters. The van der Waals surface area contributed by atoms with Crippen LogP contribution in [0.2, 0.25) is 0 Å². The van der Waals surface area contributed by atoms with E-state index in [2.05, 4.69) is 15.9 Å². The Bertz CT molecular complexity index is 627. The lowest BCUT2D eigenvalue weighted by molar-refractivity contribution is 0.105. The van der Waals surface area contributed by atoms with Gasteiger partial charge >= 0.3 is 0 Å². The summed E-state index contributed by atoms with van der Waals surface area (Å²) in [4.78, 5) is 11.8. The van der Waals surface area contributed by atoms with Gasteiger partial charge in [-0.15, -0.1) is 0 Å². The second kappa shape index (κ2) is 3.97. The standard InChI is InChI=1S/C15H9BrO/c16-14-9-15(17)13-8-11(6-7-12(13)14)10-4-2-1-3-5-10/h1-9H. The normalized spacial score (nSPS) is 13.5. The van der Waals surface area contributed by atoms with Gasteiger partial charge in [0.2, 0.25) is 0 Å². The topological polar surface area (TPSA) is 17.1 Å². The molecule has 0 heterocycles. The average Bonchev–Trinajstić information content (AvgIpc) is 2.66. The van der Waals surface area contributed by atoms with E-state index in [-0.39, 0.29) is 5.78 Å². The van der Waals surface area contributed by atoms with E-state index in [1.54, 1.807) is 6.08 Å². The highest BCUT2D eigenvalue weighted by molar-refractivity contribution is 9.15. The van der Waals surface area contributed by atoms with Crippen molar-refractivity contribution in [2.45, 2.75) is 0 Å². The van der Waals surface area contributed by atoms with Crippen LogP contribution < -0.4 is 0 Å². The first-order valence-electron chi connectivity index (χ1n) is 5.37. The van der Waals surface area contributed by atoms with Gasteiger partial charge in [0, 0.05) is 16.1 Å². The van der Waals surface area contributed by atoms with Gasteiger partial charge in [0.1, 0.15) is 0 Å².